The van der Waals surface area contributed by atoms with E-state index < -0.39 is 0 Å². The number of thioether (sulfide) groups is 1. The highest BCUT2D eigenvalue weighted by Gasteiger charge is 2.07. The summed E-state index contributed by atoms with van der Waals surface area (Å²) in [6, 6.07) is 16.4. The first-order valence-electron chi connectivity index (χ1n) is 5.58. The molecule has 0 unspecified atom stereocenters. The molecule has 2 rings (SSSR count). The Labute approximate surface area is 120 Å². The second-order valence-corrected chi connectivity index (χ2v) is 5.81. The van der Waals surface area contributed by atoms with Gasteiger partial charge in [0, 0.05) is 15.1 Å². The fourth-order valence-electron chi connectivity index (χ4n) is 1.66. The SMILES string of the molecule is Cc1ccccc1CSc1cccc(Br)c1C#N. The molecule has 0 fully saturated rings. The Morgan fingerprint density at radius 3 is 2.67 bits per heavy atom. The lowest BCUT2D eigenvalue weighted by Gasteiger charge is -2.07. The summed E-state index contributed by atoms with van der Waals surface area (Å²) in [4.78, 5) is 1.02. The molecule has 3 heteroatoms. The zero-order valence-corrected chi connectivity index (χ0v) is 12.4. The molecule has 0 spiro atoms. The van der Waals surface area contributed by atoms with Crippen LogP contribution < -0.4 is 0 Å². The van der Waals surface area contributed by atoms with Crippen LogP contribution in [-0.2, 0) is 5.75 Å². The van der Waals surface area contributed by atoms with Crippen LogP contribution in [0.5, 0.6) is 0 Å². The van der Waals surface area contributed by atoms with Crippen molar-refractivity contribution in [1.29, 1.82) is 5.26 Å². The molecule has 0 saturated carbocycles. The van der Waals surface area contributed by atoms with E-state index in [0.717, 1.165) is 20.7 Å². The third-order valence-corrected chi connectivity index (χ3v) is 4.50. The maximum absolute atomic E-state index is 9.16. The van der Waals surface area contributed by atoms with Crippen molar-refractivity contribution >= 4 is 27.7 Å². The molecule has 0 atom stereocenters. The van der Waals surface area contributed by atoms with Crippen LogP contribution in [0.2, 0.25) is 0 Å². The van der Waals surface area contributed by atoms with E-state index in [4.69, 9.17) is 5.26 Å². The standard InChI is InChI=1S/C15H12BrNS/c1-11-5-2-3-6-12(11)10-18-15-8-4-7-14(16)13(15)9-17/h2-8H,10H2,1H3. The highest BCUT2D eigenvalue weighted by Crippen LogP contribution is 2.30. The summed E-state index contributed by atoms with van der Waals surface area (Å²) in [5, 5.41) is 9.16. The molecule has 1 nitrogen and oxygen atoms in total. The fraction of sp³-hybridized carbons (Fsp3) is 0.133. The van der Waals surface area contributed by atoms with Crippen LogP contribution in [0.25, 0.3) is 0 Å². The Hall–Kier alpha value is -1.24. The molecule has 2 aromatic rings. The Bertz CT molecular complexity index is 602. The van der Waals surface area contributed by atoms with E-state index >= 15 is 0 Å². The third-order valence-electron chi connectivity index (χ3n) is 2.73. The van der Waals surface area contributed by atoms with Crippen LogP contribution in [0, 0.1) is 18.3 Å². The van der Waals surface area contributed by atoms with E-state index in [9.17, 15) is 0 Å². The van der Waals surface area contributed by atoms with Crippen LogP contribution in [0.1, 0.15) is 16.7 Å². The minimum atomic E-state index is 0.719. The van der Waals surface area contributed by atoms with Crippen LogP contribution in [-0.4, -0.2) is 0 Å². The Kier molecular flexibility index (Phi) is 4.46. The van der Waals surface area contributed by atoms with Crippen LogP contribution in [0.3, 0.4) is 0 Å². The van der Waals surface area contributed by atoms with Gasteiger partial charge < -0.3 is 0 Å². The molecule has 18 heavy (non-hydrogen) atoms. The van der Waals surface area contributed by atoms with Gasteiger partial charge in [0.25, 0.3) is 0 Å². The second kappa shape index (κ2) is 6.08. The summed E-state index contributed by atoms with van der Waals surface area (Å²) in [5.74, 6) is 0.887. The van der Waals surface area contributed by atoms with Gasteiger partial charge in [0.05, 0.1) is 5.56 Å². The number of halogens is 1. The van der Waals surface area contributed by atoms with E-state index in [2.05, 4.69) is 47.1 Å². The first kappa shape index (κ1) is 13.2. The number of rotatable bonds is 3. The first-order valence-corrected chi connectivity index (χ1v) is 7.36. The van der Waals surface area contributed by atoms with Crippen molar-refractivity contribution in [3.8, 4) is 6.07 Å². The van der Waals surface area contributed by atoms with Crippen molar-refractivity contribution in [2.45, 2.75) is 17.6 Å². The lowest BCUT2D eigenvalue weighted by Crippen LogP contribution is -1.88. The van der Waals surface area contributed by atoms with E-state index in [0.29, 0.717) is 0 Å². The van der Waals surface area contributed by atoms with Crippen molar-refractivity contribution in [2.75, 3.05) is 0 Å². The molecular weight excluding hydrogens is 306 g/mol. The Morgan fingerprint density at radius 1 is 1.17 bits per heavy atom. The molecule has 0 radical (unpaired) electrons. The van der Waals surface area contributed by atoms with E-state index in [1.807, 2.05) is 24.3 Å². The molecule has 0 N–H and O–H groups in total. The minimum Gasteiger partial charge on any atom is -0.192 e. The summed E-state index contributed by atoms with van der Waals surface area (Å²) in [7, 11) is 0. The lowest BCUT2D eigenvalue weighted by molar-refractivity contribution is 1.29. The van der Waals surface area contributed by atoms with E-state index in [1.54, 1.807) is 11.8 Å². The molecule has 0 bridgehead atoms. The maximum atomic E-state index is 9.16. The van der Waals surface area contributed by atoms with Gasteiger partial charge in [0.2, 0.25) is 0 Å². The Morgan fingerprint density at radius 2 is 1.94 bits per heavy atom. The number of hydrogen-bond acceptors (Lipinski definition) is 2. The molecule has 0 saturated heterocycles. The highest BCUT2D eigenvalue weighted by molar-refractivity contribution is 9.10. The average Bonchev–Trinajstić information content (AvgIpc) is 2.38. The van der Waals surface area contributed by atoms with Crippen LogP contribution in [0.4, 0.5) is 0 Å². The number of hydrogen-bond donors (Lipinski definition) is 0. The molecule has 0 heterocycles. The van der Waals surface area contributed by atoms with Gasteiger partial charge >= 0.3 is 0 Å². The van der Waals surface area contributed by atoms with Gasteiger partial charge in [0.1, 0.15) is 6.07 Å². The largest absolute Gasteiger partial charge is 0.192 e. The van der Waals surface area contributed by atoms with Crippen LogP contribution in [0.15, 0.2) is 51.8 Å². The second-order valence-electron chi connectivity index (χ2n) is 3.94. The third kappa shape index (κ3) is 2.95. The van der Waals surface area contributed by atoms with Gasteiger partial charge in [-0.25, -0.2) is 0 Å². The summed E-state index contributed by atoms with van der Waals surface area (Å²) >= 11 is 5.11. The smallest absolute Gasteiger partial charge is 0.101 e. The number of aryl methyl sites for hydroxylation is 1. The van der Waals surface area contributed by atoms with Crippen molar-refractivity contribution < 1.29 is 0 Å². The predicted molar refractivity (Wildman–Crippen MR) is 79.6 cm³/mol. The fourth-order valence-corrected chi connectivity index (χ4v) is 3.36. The monoisotopic (exact) mass is 317 g/mol. The van der Waals surface area contributed by atoms with Gasteiger partial charge in [-0.3, -0.25) is 0 Å². The van der Waals surface area contributed by atoms with Gasteiger partial charge in [-0.1, -0.05) is 30.3 Å². The zero-order chi connectivity index (χ0) is 13.0. The molecule has 0 aromatic heterocycles. The van der Waals surface area contributed by atoms with Gasteiger partial charge in [0.15, 0.2) is 0 Å². The van der Waals surface area contributed by atoms with Crippen molar-refractivity contribution in [1.82, 2.24) is 0 Å². The maximum Gasteiger partial charge on any atom is 0.101 e. The topological polar surface area (TPSA) is 23.8 Å². The van der Waals surface area contributed by atoms with Crippen molar-refractivity contribution in [3.63, 3.8) is 0 Å². The predicted octanol–water partition coefficient (Wildman–Crippen LogP) is 4.92. The number of nitrogens with zero attached hydrogens (tertiary/aromatic N) is 1. The van der Waals surface area contributed by atoms with Gasteiger partial charge in [-0.05, 0) is 46.1 Å². The normalized spacial score (nSPS) is 10.1. The van der Waals surface area contributed by atoms with E-state index in [-0.39, 0.29) is 0 Å². The molecule has 0 aliphatic heterocycles. The number of benzene rings is 2. The highest BCUT2D eigenvalue weighted by atomic mass is 79.9. The van der Waals surface area contributed by atoms with Gasteiger partial charge in [-0.2, -0.15) is 5.26 Å². The van der Waals surface area contributed by atoms with Gasteiger partial charge in [-0.15, -0.1) is 11.8 Å². The van der Waals surface area contributed by atoms with Crippen LogP contribution >= 0.6 is 27.7 Å². The first-order chi connectivity index (χ1) is 8.72. The van der Waals surface area contributed by atoms with Crippen molar-refractivity contribution in [3.05, 3.63) is 63.6 Å². The molecule has 0 aliphatic rings. The molecule has 90 valence electrons. The molecular formula is C15H12BrNS. The average molecular weight is 318 g/mol. The summed E-state index contributed by atoms with van der Waals surface area (Å²) in [6.07, 6.45) is 0. The molecule has 2 aromatic carbocycles. The Balaban J connectivity index is 2.19. The summed E-state index contributed by atoms with van der Waals surface area (Å²) < 4.78 is 0.861. The number of nitriles is 1. The molecule has 0 amide bonds. The van der Waals surface area contributed by atoms with Crippen molar-refractivity contribution in [2.24, 2.45) is 0 Å². The molecule has 0 aliphatic carbocycles. The zero-order valence-electron chi connectivity index (χ0n) is 9.98. The minimum absolute atomic E-state index is 0.719. The summed E-state index contributed by atoms with van der Waals surface area (Å²) in [5.41, 5.74) is 3.32. The quantitative estimate of drug-likeness (QED) is 0.750. The summed E-state index contributed by atoms with van der Waals surface area (Å²) in [6.45, 7) is 2.11. The van der Waals surface area contributed by atoms with E-state index in [1.165, 1.54) is 11.1 Å². The lowest BCUT2D eigenvalue weighted by atomic mass is 10.1.